The molecule has 0 aromatic heterocycles. The van der Waals surface area contributed by atoms with Crippen molar-refractivity contribution in [2.75, 3.05) is 6.54 Å². The largest absolute Gasteiger partial charge is 0.481 e. The third kappa shape index (κ3) is 21.8. The van der Waals surface area contributed by atoms with E-state index in [4.69, 9.17) is 16.6 Å². The molecule has 118 valence electrons. The lowest BCUT2D eigenvalue weighted by atomic mass is 10.1. The van der Waals surface area contributed by atoms with E-state index in [1.807, 2.05) is 0 Å². The number of amides is 1. The second kappa shape index (κ2) is 15.6. The number of carbonyl (C=O) groups is 3. The van der Waals surface area contributed by atoms with Crippen LogP contribution in [0.15, 0.2) is 0 Å². The maximum atomic E-state index is 10.3. The third-order valence-corrected chi connectivity index (χ3v) is 2.62. The second-order valence-electron chi connectivity index (χ2n) is 4.62. The standard InChI is InChI=1S/C9H19NO.C5H9NO3/c1-2-3-4-5-6-7-8-9(10)11;6-3-4(7)1-2-5(8)9/h2-8H2,1H3,(H2,10,11);1-3,6H2,(H,8,9). The highest BCUT2D eigenvalue weighted by Gasteiger charge is 2.01. The highest BCUT2D eigenvalue weighted by Crippen LogP contribution is 2.06. The molecule has 20 heavy (non-hydrogen) atoms. The Balaban J connectivity index is 0. The van der Waals surface area contributed by atoms with Crippen LogP contribution in [-0.4, -0.2) is 29.3 Å². The minimum atomic E-state index is -0.961. The quantitative estimate of drug-likeness (QED) is 0.498. The SMILES string of the molecule is CCCCCCCCC(N)=O.NCC(=O)CCC(=O)O. The van der Waals surface area contributed by atoms with Crippen molar-refractivity contribution in [2.45, 2.75) is 64.7 Å². The first-order chi connectivity index (χ1) is 9.43. The molecular formula is C14H28N2O4. The minimum Gasteiger partial charge on any atom is -0.481 e. The van der Waals surface area contributed by atoms with Crippen molar-refractivity contribution in [3.05, 3.63) is 0 Å². The molecule has 0 aromatic carbocycles. The highest BCUT2D eigenvalue weighted by atomic mass is 16.4. The van der Waals surface area contributed by atoms with Gasteiger partial charge >= 0.3 is 5.97 Å². The number of primary amides is 1. The Morgan fingerprint density at radius 1 is 0.900 bits per heavy atom. The zero-order valence-electron chi connectivity index (χ0n) is 12.4. The fourth-order valence-electron chi connectivity index (χ4n) is 1.43. The van der Waals surface area contributed by atoms with Gasteiger partial charge in [-0.1, -0.05) is 39.0 Å². The Labute approximate surface area is 120 Å². The van der Waals surface area contributed by atoms with E-state index in [9.17, 15) is 14.4 Å². The van der Waals surface area contributed by atoms with Crippen LogP contribution in [0.1, 0.15) is 64.7 Å². The molecule has 0 radical (unpaired) electrons. The zero-order valence-corrected chi connectivity index (χ0v) is 12.4. The smallest absolute Gasteiger partial charge is 0.303 e. The second-order valence-corrected chi connectivity index (χ2v) is 4.62. The molecule has 6 heteroatoms. The fraction of sp³-hybridized carbons (Fsp3) is 0.786. The summed E-state index contributed by atoms with van der Waals surface area (Å²) in [4.78, 5) is 30.5. The van der Waals surface area contributed by atoms with E-state index in [1.54, 1.807) is 0 Å². The molecule has 0 saturated carbocycles. The Morgan fingerprint density at radius 2 is 1.45 bits per heavy atom. The third-order valence-electron chi connectivity index (χ3n) is 2.62. The van der Waals surface area contributed by atoms with E-state index in [-0.39, 0.29) is 31.1 Å². The molecule has 0 aliphatic carbocycles. The molecule has 0 bridgehead atoms. The maximum Gasteiger partial charge on any atom is 0.303 e. The van der Waals surface area contributed by atoms with Gasteiger partial charge in [0.25, 0.3) is 0 Å². The van der Waals surface area contributed by atoms with Gasteiger partial charge in [-0.25, -0.2) is 0 Å². The topological polar surface area (TPSA) is 123 Å². The summed E-state index contributed by atoms with van der Waals surface area (Å²) >= 11 is 0. The van der Waals surface area contributed by atoms with Gasteiger partial charge in [0.2, 0.25) is 5.91 Å². The van der Waals surface area contributed by atoms with Crippen LogP contribution in [-0.2, 0) is 14.4 Å². The van der Waals surface area contributed by atoms with Crippen LogP contribution >= 0.6 is 0 Å². The number of nitrogens with two attached hydrogens (primary N) is 2. The van der Waals surface area contributed by atoms with E-state index in [0.29, 0.717) is 6.42 Å². The monoisotopic (exact) mass is 288 g/mol. The number of unbranched alkanes of at least 4 members (excludes halogenated alkanes) is 5. The van der Waals surface area contributed by atoms with Crippen molar-refractivity contribution in [3.8, 4) is 0 Å². The summed E-state index contributed by atoms with van der Waals surface area (Å²) in [6.45, 7) is 2.14. The first-order valence-electron chi connectivity index (χ1n) is 7.15. The Hall–Kier alpha value is -1.43. The molecule has 0 heterocycles. The number of rotatable bonds is 11. The average molecular weight is 288 g/mol. The van der Waals surface area contributed by atoms with E-state index in [0.717, 1.165) is 12.8 Å². The molecule has 1 amide bonds. The molecule has 0 saturated heterocycles. The van der Waals surface area contributed by atoms with Gasteiger partial charge < -0.3 is 16.6 Å². The van der Waals surface area contributed by atoms with E-state index < -0.39 is 5.97 Å². The molecule has 5 N–H and O–H groups in total. The van der Waals surface area contributed by atoms with Crippen molar-refractivity contribution in [3.63, 3.8) is 0 Å². The van der Waals surface area contributed by atoms with Gasteiger partial charge in [-0.2, -0.15) is 0 Å². The van der Waals surface area contributed by atoms with Crippen LogP contribution in [0.5, 0.6) is 0 Å². The summed E-state index contributed by atoms with van der Waals surface area (Å²) in [6, 6.07) is 0. The zero-order chi connectivity index (χ0) is 15.8. The Morgan fingerprint density at radius 3 is 1.90 bits per heavy atom. The molecule has 0 unspecified atom stereocenters. The molecule has 0 aliphatic rings. The lowest BCUT2D eigenvalue weighted by Gasteiger charge is -1.97. The number of carbonyl (C=O) groups excluding carboxylic acids is 2. The lowest BCUT2D eigenvalue weighted by molar-refractivity contribution is -0.138. The maximum absolute atomic E-state index is 10.3. The van der Waals surface area contributed by atoms with Crippen LogP contribution in [0.3, 0.4) is 0 Å². The van der Waals surface area contributed by atoms with Crippen LogP contribution in [0, 0.1) is 0 Å². The molecule has 0 atom stereocenters. The number of carboxylic acid groups (broad SMARTS) is 1. The number of carboxylic acids is 1. The first-order valence-corrected chi connectivity index (χ1v) is 7.15. The van der Waals surface area contributed by atoms with Crippen molar-refractivity contribution >= 4 is 17.7 Å². The van der Waals surface area contributed by atoms with E-state index >= 15 is 0 Å². The van der Waals surface area contributed by atoms with Gasteiger partial charge in [-0.15, -0.1) is 0 Å². The molecule has 0 aromatic rings. The number of hydrogen-bond acceptors (Lipinski definition) is 4. The van der Waals surface area contributed by atoms with Crippen molar-refractivity contribution in [2.24, 2.45) is 11.5 Å². The molecule has 0 aliphatic heterocycles. The van der Waals surface area contributed by atoms with Crippen LogP contribution in [0.25, 0.3) is 0 Å². The number of Topliss-reactive ketones (excluding diaryl/α,β-unsaturated/α-hetero) is 1. The van der Waals surface area contributed by atoms with Gasteiger partial charge in [-0.3, -0.25) is 14.4 Å². The molecule has 0 spiro atoms. The normalized spacial score (nSPS) is 9.50. The van der Waals surface area contributed by atoms with Crippen molar-refractivity contribution < 1.29 is 19.5 Å². The average Bonchev–Trinajstić information content (AvgIpc) is 2.40. The molecular weight excluding hydrogens is 260 g/mol. The summed E-state index contributed by atoms with van der Waals surface area (Å²) in [5, 5.41) is 8.06. The highest BCUT2D eigenvalue weighted by molar-refractivity contribution is 5.83. The predicted octanol–water partition coefficient (Wildman–Crippen LogP) is 1.60. The van der Waals surface area contributed by atoms with E-state index in [2.05, 4.69) is 6.92 Å². The van der Waals surface area contributed by atoms with Gasteiger partial charge in [0.15, 0.2) is 0 Å². The van der Waals surface area contributed by atoms with Gasteiger partial charge in [0.1, 0.15) is 5.78 Å². The summed E-state index contributed by atoms with van der Waals surface area (Å²) in [5.74, 6) is -1.34. The number of aliphatic carboxylic acids is 1. The Kier molecular flexibility index (Phi) is 16.3. The molecule has 0 fully saturated rings. The summed E-state index contributed by atoms with van der Waals surface area (Å²) in [7, 11) is 0. The first kappa shape index (κ1) is 20.9. The summed E-state index contributed by atoms with van der Waals surface area (Å²) in [5.41, 5.74) is 9.91. The van der Waals surface area contributed by atoms with Crippen molar-refractivity contribution in [1.82, 2.24) is 0 Å². The fourth-order valence-corrected chi connectivity index (χ4v) is 1.43. The summed E-state index contributed by atoms with van der Waals surface area (Å²) < 4.78 is 0. The van der Waals surface area contributed by atoms with Crippen LogP contribution < -0.4 is 11.5 Å². The molecule has 0 rings (SSSR count). The van der Waals surface area contributed by atoms with Gasteiger partial charge in [-0.05, 0) is 6.42 Å². The van der Waals surface area contributed by atoms with Crippen LogP contribution in [0.2, 0.25) is 0 Å². The van der Waals surface area contributed by atoms with Gasteiger partial charge in [0, 0.05) is 12.8 Å². The summed E-state index contributed by atoms with van der Waals surface area (Å²) in [6.07, 6.45) is 7.76. The van der Waals surface area contributed by atoms with Crippen molar-refractivity contribution in [1.29, 1.82) is 0 Å². The van der Waals surface area contributed by atoms with Crippen LogP contribution in [0.4, 0.5) is 0 Å². The lowest BCUT2D eigenvalue weighted by Crippen LogP contribution is -2.14. The van der Waals surface area contributed by atoms with Gasteiger partial charge in [0.05, 0.1) is 13.0 Å². The molecule has 6 nitrogen and oxygen atoms in total. The van der Waals surface area contributed by atoms with E-state index in [1.165, 1.54) is 25.7 Å². The number of ketones is 1. The Bertz CT molecular complexity index is 280. The minimum absolute atomic E-state index is 0.0475. The predicted molar refractivity (Wildman–Crippen MR) is 78.1 cm³/mol. The number of hydrogen-bond donors (Lipinski definition) is 3.